The van der Waals surface area contributed by atoms with E-state index in [1.807, 2.05) is 6.07 Å². The number of hydrogen-bond donors (Lipinski definition) is 1. The lowest BCUT2D eigenvalue weighted by molar-refractivity contribution is -0.109. The maximum absolute atomic E-state index is 10.7. The van der Waals surface area contributed by atoms with Gasteiger partial charge in [-0.1, -0.05) is 41.7 Å². The van der Waals surface area contributed by atoms with Gasteiger partial charge in [-0.25, -0.2) is 4.98 Å². The Hall–Kier alpha value is -3.13. The summed E-state index contributed by atoms with van der Waals surface area (Å²) in [7, 11) is 1.00. The Morgan fingerprint density at radius 3 is 2.56 bits per heavy atom. The number of aliphatic hydroxyl groups is 1. The van der Waals surface area contributed by atoms with Gasteiger partial charge in [0.2, 0.25) is 5.88 Å². The zero-order valence-corrected chi connectivity index (χ0v) is 20.3. The number of aldehydes is 1. The normalized spacial score (nSPS) is 11.9. The summed E-state index contributed by atoms with van der Waals surface area (Å²) in [4.78, 5) is 20.9. The lowest BCUT2D eigenvalue weighted by atomic mass is 9.94. The van der Waals surface area contributed by atoms with Crippen LogP contribution in [0.15, 0.2) is 53.7 Å². The molecule has 4 rings (SSSR count). The number of fused-ring (bicyclic) bond motifs is 1. The fourth-order valence-corrected chi connectivity index (χ4v) is 3.75. The van der Waals surface area contributed by atoms with E-state index in [1.165, 1.54) is 0 Å². The summed E-state index contributed by atoms with van der Waals surface area (Å²) < 4.78 is 11.4. The number of pyridine rings is 1. The van der Waals surface area contributed by atoms with Gasteiger partial charge in [0.1, 0.15) is 30.4 Å². The Morgan fingerprint density at radius 2 is 1.85 bits per heavy atom. The van der Waals surface area contributed by atoms with Gasteiger partial charge in [-0.15, -0.1) is 0 Å². The zero-order valence-electron chi connectivity index (χ0n) is 18.8. The van der Waals surface area contributed by atoms with E-state index < -0.39 is 0 Å². The van der Waals surface area contributed by atoms with Gasteiger partial charge in [0.05, 0.1) is 10.7 Å². The number of nitrogens with zero attached hydrogens (tertiary/aromatic N) is 2. The van der Waals surface area contributed by atoms with Crippen molar-refractivity contribution in [2.75, 3.05) is 13.7 Å². The van der Waals surface area contributed by atoms with Crippen LogP contribution in [-0.2, 0) is 22.7 Å². The van der Waals surface area contributed by atoms with Gasteiger partial charge < -0.3 is 19.4 Å². The van der Waals surface area contributed by atoms with Crippen LogP contribution in [0.4, 0.5) is 0 Å². The predicted octanol–water partition coefficient (Wildman–Crippen LogP) is 5.60. The summed E-state index contributed by atoms with van der Waals surface area (Å²) in [6, 6.07) is 14.4. The van der Waals surface area contributed by atoms with E-state index in [0.29, 0.717) is 46.0 Å². The van der Waals surface area contributed by atoms with E-state index >= 15 is 0 Å². The molecule has 0 atom stereocenters. The summed E-state index contributed by atoms with van der Waals surface area (Å²) in [5.41, 5.74) is 4.00. The van der Waals surface area contributed by atoms with E-state index in [-0.39, 0.29) is 6.61 Å². The molecule has 2 heterocycles. The third-order valence-corrected chi connectivity index (χ3v) is 5.37. The Bertz CT molecular complexity index is 1170. The molecule has 2 aromatic carbocycles. The lowest BCUT2D eigenvalue weighted by Gasteiger charge is -2.20. The second-order valence-electron chi connectivity index (χ2n) is 7.08. The zero-order chi connectivity index (χ0) is 24.5. The number of ether oxygens (including phenoxy) is 2. The third kappa shape index (κ3) is 6.05. The van der Waals surface area contributed by atoms with Gasteiger partial charge in [-0.2, -0.15) is 0 Å². The molecule has 34 heavy (non-hydrogen) atoms. The first kappa shape index (κ1) is 25.5. The molecule has 0 unspecified atom stereocenters. The summed E-state index contributed by atoms with van der Waals surface area (Å²) in [5.74, 6) is 1.54. The number of carbonyl (C=O) groups excluding carboxylic acids is 1. The highest BCUT2D eigenvalue weighted by molar-refractivity contribution is 6.32. The van der Waals surface area contributed by atoms with E-state index in [0.717, 1.165) is 42.3 Å². The van der Waals surface area contributed by atoms with E-state index in [4.69, 9.17) is 47.6 Å². The summed E-state index contributed by atoms with van der Waals surface area (Å²) in [6.45, 7) is 2.29. The smallest absolute Gasteiger partial charge is 0.219 e. The number of aliphatic hydroxyl groups excluding tert-OH is 1. The van der Waals surface area contributed by atoms with Gasteiger partial charge in [-0.05, 0) is 48.9 Å². The van der Waals surface area contributed by atoms with Crippen LogP contribution in [0.3, 0.4) is 0 Å². The Morgan fingerprint density at radius 1 is 1.09 bits per heavy atom. The standard InChI is InChI=1S/C24H20Cl2N2O4.CH4O/c1-2-3-21-18(8-9-23(27-21)32-17-6-4-16(25)5-7-17)24-19-13-22(30-11-10-29)20(26)12-15(19)14-31-28-24;1-2/h4-10,12-13H,2-3,11,14H2,1H3;2H,1H3. The molecule has 7 nitrogen and oxygen atoms in total. The van der Waals surface area contributed by atoms with Crippen molar-refractivity contribution in [3.8, 4) is 17.4 Å². The molecule has 0 saturated carbocycles. The third-order valence-electron chi connectivity index (χ3n) is 4.82. The Kier molecular flexibility index (Phi) is 9.27. The topological polar surface area (TPSA) is 90.2 Å². The van der Waals surface area contributed by atoms with Crippen LogP contribution in [0, 0.1) is 0 Å². The summed E-state index contributed by atoms with van der Waals surface area (Å²) in [6.07, 6.45) is 2.29. The number of aromatic nitrogens is 1. The Balaban J connectivity index is 0.00000158. The molecule has 0 bridgehead atoms. The van der Waals surface area contributed by atoms with Crippen LogP contribution in [0.5, 0.6) is 17.4 Å². The van der Waals surface area contributed by atoms with Crippen LogP contribution in [0.25, 0.3) is 0 Å². The van der Waals surface area contributed by atoms with Crippen molar-refractivity contribution >= 4 is 35.2 Å². The number of hydrogen-bond acceptors (Lipinski definition) is 7. The van der Waals surface area contributed by atoms with Crippen LogP contribution >= 0.6 is 23.2 Å². The van der Waals surface area contributed by atoms with E-state index in [9.17, 15) is 4.79 Å². The number of rotatable bonds is 8. The molecule has 3 aromatic rings. The number of benzene rings is 2. The number of aryl methyl sites for hydroxylation is 1. The molecule has 0 saturated heterocycles. The predicted molar refractivity (Wildman–Crippen MR) is 131 cm³/mol. The van der Waals surface area contributed by atoms with Crippen molar-refractivity contribution in [1.82, 2.24) is 4.98 Å². The molecule has 0 fully saturated rings. The summed E-state index contributed by atoms with van der Waals surface area (Å²) in [5, 5.41) is 12.4. The second kappa shape index (κ2) is 12.4. The van der Waals surface area contributed by atoms with Gasteiger partial charge in [-0.3, -0.25) is 4.79 Å². The van der Waals surface area contributed by atoms with Gasteiger partial charge in [0.25, 0.3) is 0 Å². The van der Waals surface area contributed by atoms with Crippen LogP contribution in [-0.4, -0.2) is 35.8 Å². The molecule has 1 aliphatic rings. The van der Waals surface area contributed by atoms with Crippen molar-refractivity contribution in [3.63, 3.8) is 0 Å². The average molecular weight is 503 g/mol. The first-order chi connectivity index (χ1) is 16.6. The first-order valence-corrected chi connectivity index (χ1v) is 11.3. The molecule has 1 aromatic heterocycles. The Labute approximate surface area is 207 Å². The van der Waals surface area contributed by atoms with Gasteiger partial charge >= 0.3 is 0 Å². The fraction of sp³-hybridized carbons (Fsp3) is 0.240. The van der Waals surface area contributed by atoms with Crippen molar-refractivity contribution in [2.45, 2.75) is 26.4 Å². The molecular weight excluding hydrogens is 479 g/mol. The highest BCUT2D eigenvalue weighted by atomic mass is 35.5. The van der Waals surface area contributed by atoms with Gasteiger partial charge in [0.15, 0.2) is 6.29 Å². The SMILES string of the molecule is CCCc1nc(Oc2ccc(Cl)cc2)ccc1C1=NOCc2cc(Cl)c(OCC=O)cc21.CO. The molecule has 1 N–H and O–H groups in total. The van der Waals surface area contributed by atoms with Crippen molar-refractivity contribution in [1.29, 1.82) is 0 Å². The first-order valence-electron chi connectivity index (χ1n) is 10.6. The van der Waals surface area contributed by atoms with Crippen LogP contribution < -0.4 is 9.47 Å². The molecule has 9 heteroatoms. The van der Waals surface area contributed by atoms with Crippen molar-refractivity contribution < 1.29 is 24.2 Å². The molecular formula is C25H24Cl2N2O5. The van der Waals surface area contributed by atoms with Crippen LogP contribution in [0.2, 0.25) is 10.0 Å². The second-order valence-corrected chi connectivity index (χ2v) is 7.92. The van der Waals surface area contributed by atoms with Crippen LogP contribution in [0.1, 0.15) is 35.7 Å². The minimum atomic E-state index is -0.0825. The molecule has 0 radical (unpaired) electrons. The number of halogens is 2. The number of oxime groups is 1. The summed E-state index contributed by atoms with van der Waals surface area (Å²) >= 11 is 12.3. The fourth-order valence-electron chi connectivity index (χ4n) is 3.38. The molecule has 0 aliphatic carbocycles. The van der Waals surface area contributed by atoms with Crippen molar-refractivity contribution in [3.05, 3.63) is 81.0 Å². The van der Waals surface area contributed by atoms with E-state index in [1.54, 1.807) is 42.5 Å². The quantitative estimate of drug-likeness (QED) is 0.403. The minimum absolute atomic E-state index is 0.0825. The maximum atomic E-state index is 10.7. The maximum Gasteiger partial charge on any atom is 0.219 e. The highest BCUT2D eigenvalue weighted by Crippen LogP contribution is 2.33. The van der Waals surface area contributed by atoms with E-state index in [2.05, 4.69) is 12.1 Å². The largest absolute Gasteiger partial charge is 0.485 e. The minimum Gasteiger partial charge on any atom is -0.485 e. The number of carbonyl (C=O) groups is 1. The monoisotopic (exact) mass is 502 g/mol. The van der Waals surface area contributed by atoms with Crippen molar-refractivity contribution in [2.24, 2.45) is 5.16 Å². The van der Waals surface area contributed by atoms with Gasteiger partial charge in [0, 0.05) is 34.9 Å². The highest BCUT2D eigenvalue weighted by Gasteiger charge is 2.23. The average Bonchev–Trinajstić information content (AvgIpc) is 2.85. The molecule has 0 amide bonds. The molecule has 1 aliphatic heterocycles. The lowest BCUT2D eigenvalue weighted by Crippen LogP contribution is -2.16. The molecule has 0 spiro atoms. The molecule has 178 valence electrons.